The average Bonchev–Trinajstić information content (AvgIpc) is 2.21. The van der Waals surface area contributed by atoms with Crippen LogP contribution in [0.4, 0.5) is 0 Å². The van der Waals surface area contributed by atoms with E-state index in [-0.39, 0.29) is 5.92 Å². The second-order valence-electron chi connectivity index (χ2n) is 4.34. The first-order valence-electron chi connectivity index (χ1n) is 5.45. The van der Waals surface area contributed by atoms with Crippen molar-refractivity contribution in [2.45, 2.75) is 27.2 Å². The molecule has 1 unspecified atom stereocenters. The molecule has 0 amide bonds. The van der Waals surface area contributed by atoms with Gasteiger partial charge >= 0.3 is 5.97 Å². The molecule has 1 aromatic rings. The SMILES string of the molecule is C/C(=C\c1ccc(C)cc1)CC(C)C(=O)O. The van der Waals surface area contributed by atoms with Gasteiger partial charge in [0.05, 0.1) is 5.92 Å². The molecule has 1 atom stereocenters. The minimum absolute atomic E-state index is 0.318. The molecule has 0 bridgehead atoms. The van der Waals surface area contributed by atoms with E-state index in [2.05, 4.69) is 12.1 Å². The smallest absolute Gasteiger partial charge is 0.306 e. The molecule has 1 aromatic carbocycles. The van der Waals surface area contributed by atoms with Crippen molar-refractivity contribution < 1.29 is 9.90 Å². The molecule has 0 fully saturated rings. The zero-order valence-electron chi connectivity index (χ0n) is 10.0. The number of carboxylic acids is 1. The van der Waals surface area contributed by atoms with Crippen LogP contribution < -0.4 is 0 Å². The number of aryl methyl sites for hydroxylation is 1. The van der Waals surface area contributed by atoms with E-state index in [0.29, 0.717) is 6.42 Å². The highest BCUT2D eigenvalue weighted by Gasteiger charge is 2.10. The second-order valence-corrected chi connectivity index (χ2v) is 4.34. The van der Waals surface area contributed by atoms with Crippen LogP contribution in [0.5, 0.6) is 0 Å². The van der Waals surface area contributed by atoms with Crippen LogP contribution in [-0.4, -0.2) is 11.1 Å². The molecule has 0 aliphatic heterocycles. The highest BCUT2D eigenvalue weighted by molar-refractivity contribution is 5.70. The molecule has 0 saturated carbocycles. The predicted octanol–water partition coefficient (Wildman–Crippen LogP) is 3.51. The Hall–Kier alpha value is -1.57. The summed E-state index contributed by atoms with van der Waals surface area (Å²) in [6.45, 7) is 5.75. The number of carboxylic acid groups (broad SMARTS) is 1. The van der Waals surface area contributed by atoms with Gasteiger partial charge in [0.2, 0.25) is 0 Å². The van der Waals surface area contributed by atoms with Gasteiger partial charge in [-0.3, -0.25) is 4.79 Å². The lowest BCUT2D eigenvalue weighted by atomic mass is 10.0. The first-order chi connectivity index (χ1) is 7.49. The third-order valence-corrected chi connectivity index (χ3v) is 2.54. The van der Waals surface area contributed by atoms with Crippen LogP contribution >= 0.6 is 0 Å². The zero-order valence-corrected chi connectivity index (χ0v) is 10.0. The van der Waals surface area contributed by atoms with Crippen molar-refractivity contribution in [2.24, 2.45) is 5.92 Å². The Balaban J connectivity index is 2.69. The van der Waals surface area contributed by atoms with Crippen molar-refractivity contribution in [1.29, 1.82) is 0 Å². The van der Waals surface area contributed by atoms with Gasteiger partial charge in [-0.15, -0.1) is 0 Å². The van der Waals surface area contributed by atoms with Gasteiger partial charge in [0.25, 0.3) is 0 Å². The highest BCUT2D eigenvalue weighted by Crippen LogP contribution is 2.15. The Morgan fingerprint density at radius 3 is 2.44 bits per heavy atom. The predicted molar refractivity (Wildman–Crippen MR) is 66.2 cm³/mol. The molecule has 0 heterocycles. The molecule has 2 nitrogen and oxygen atoms in total. The lowest BCUT2D eigenvalue weighted by Gasteiger charge is -2.06. The Morgan fingerprint density at radius 1 is 1.38 bits per heavy atom. The maximum Gasteiger partial charge on any atom is 0.306 e. The molecule has 2 heteroatoms. The molecule has 16 heavy (non-hydrogen) atoms. The molecule has 1 N–H and O–H groups in total. The van der Waals surface area contributed by atoms with Gasteiger partial charge in [0.15, 0.2) is 0 Å². The molecule has 1 rings (SSSR count). The van der Waals surface area contributed by atoms with Gasteiger partial charge < -0.3 is 5.11 Å². The van der Waals surface area contributed by atoms with Gasteiger partial charge in [-0.2, -0.15) is 0 Å². The maximum atomic E-state index is 10.7. The molecule has 0 spiro atoms. The number of hydrogen-bond acceptors (Lipinski definition) is 1. The van der Waals surface area contributed by atoms with Gasteiger partial charge in [0.1, 0.15) is 0 Å². The fourth-order valence-electron chi connectivity index (χ4n) is 1.58. The fraction of sp³-hybridized carbons (Fsp3) is 0.357. The van der Waals surface area contributed by atoms with Crippen LogP contribution in [0.1, 0.15) is 31.4 Å². The van der Waals surface area contributed by atoms with Crippen molar-refractivity contribution in [1.82, 2.24) is 0 Å². The van der Waals surface area contributed by atoms with Crippen molar-refractivity contribution in [3.8, 4) is 0 Å². The third-order valence-electron chi connectivity index (χ3n) is 2.54. The Labute approximate surface area is 96.6 Å². The molecule has 86 valence electrons. The van der Waals surface area contributed by atoms with E-state index in [9.17, 15) is 4.79 Å². The number of hydrogen-bond donors (Lipinski definition) is 1. The van der Waals surface area contributed by atoms with E-state index in [1.165, 1.54) is 5.56 Å². The van der Waals surface area contributed by atoms with Crippen LogP contribution in [0.3, 0.4) is 0 Å². The highest BCUT2D eigenvalue weighted by atomic mass is 16.4. The van der Waals surface area contributed by atoms with Gasteiger partial charge in [-0.05, 0) is 25.8 Å². The Kier molecular flexibility index (Phi) is 4.29. The quantitative estimate of drug-likeness (QED) is 0.839. The normalized spacial score (nSPS) is 13.6. The number of aliphatic carboxylic acids is 1. The third kappa shape index (κ3) is 3.89. The Morgan fingerprint density at radius 2 is 1.94 bits per heavy atom. The number of benzene rings is 1. The van der Waals surface area contributed by atoms with Gasteiger partial charge in [-0.1, -0.05) is 48.4 Å². The topological polar surface area (TPSA) is 37.3 Å². The first-order valence-corrected chi connectivity index (χ1v) is 5.45. The van der Waals surface area contributed by atoms with Crippen molar-refractivity contribution >= 4 is 12.0 Å². The van der Waals surface area contributed by atoms with Crippen LogP contribution in [0.25, 0.3) is 6.08 Å². The molecule has 0 aromatic heterocycles. The van der Waals surface area contributed by atoms with Crippen LogP contribution in [0.15, 0.2) is 29.8 Å². The number of rotatable bonds is 4. The summed E-state index contributed by atoms with van der Waals surface area (Å²) in [6, 6.07) is 8.20. The lowest BCUT2D eigenvalue weighted by molar-refractivity contribution is -0.141. The van der Waals surface area contributed by atoms with Crippen LogP contribution in [0.2, 0.25) is 0 Å². The summed E-state index contributed by atoms with van der Waals surface area (Å²) in [5, 5.41) is 8.81. The van der Waals surface area contributed by atoms with E-state index < -0.39 is 5.97 Å². The van der Waals surface area contributed by atoms with Crippen molar-refractivity contribution in [3.63, 3.8) is 0 Å². The average molecular weight is 218 g/mol. The van der Waals surface area contributed by atoms with Crippen LogP contribution in [-0.2, 0) is 4.79 Å². The first kappa shape index (κ1) is 12.5. The van der Waals surface area contributed by atoms with Crippen LogP contribution in [0, 0.1) is 12.8 Å². The molecule has 0 saturated heterocycles. The molecular weight excluding hydrogens is 200 g/mol. The summed E-state index contributed by atoms with van der Waals surface area (Å²) in [4.78, 5) is 10.7. The number of allylic oxidation sites excluding steroid dienone is 1. The minimum atomic E-state index is -0.739. The minimum Gasteiger partial charge on any atom is -0.481 e. The van der Waals surface area contributed by atoms with E-state index >= 15 is 0 Å². The largest absolute Gasteiger partial charge is 0.481 e. The summed E-state index contributed by atoms with van der Waals surface area (Å²) in [5.41, 5.74) is 3.45. The summed E-state index contributed by atoms with van der Waals surface area (Å²) in [6.07, 6.45) is 2.64. The second kappa shape index (κ2) is 5.50. The standard InChI is InChI=1S/C14H18O2/c1-10-4-6-13(7-5-10)9-11(2)8-12(3)14(15)16/h4-7,9,12H,8H2,1-3H3,(H,15,16)/b11-9+. The van der Waals surface area contributed by atoms with E-state index in [1.807, 2.05) is 32.1 Å². The van der Waals surface area contributed by atoms with Crippen molar-refractivity contribution in [3.05, 3.63) is 41.0 Å². The molecule has 0 aliphatic carbocycles. The zero-order chi connectivity index (χ0) is 12.1. The monoisotopic (exact) mass is 218 g/mol. The van der Waals surface area contributed by atoms with E-state index in [1.54, 1.807) is 6.92 Å². The van der Waals surface area contributed by atoms with Gasteiger partial charge in [-0.25, -0.2) is 0 Å². The fourth-order valence-corrected chi connectivity index (χ4v) is 1.58. The molecular formula is C14H18O2. The maximum absolute atomic E-state index is 10.7. The van der Waals surface area contributed by atoms with Gasteiger partial charge in [0, 0.05) is 0 Å². The number of carbonyl (C=O) groups is 1. The molecule has 0 radical (unpaired) electrons. The summed E-state index contributed by atoms with van der Waals surface area (Å²) < 4.78 is 0. The lowest BCUT2D eigenvalue weighted by Crippen LogP contribution is -2.09. The Bertz CT molecular complexity index is 388. The van der Waals surface area contributed by atoms with E-state index in [0.717, 1.165) is 11.1 Å². The summed E-state index contributed by atoms with van der Waals surface area (Å²) >= 11 is 0. The van der Waals surface area contributed by atoms with E-state index in [4.69, 9.17) is 5.11 Å². The molecule has 0 aliphatic rings. The van der Waals surface area contributed by atoms with Crippen molar-refractivity contribution in [2.75, 3.05) is 0 Å². The summed E-state index contributed by atoms with van der Waals surface area (Å²) in [5.74, 6) is -1.06. The summed E-state index contributed by atoms with van der Waals surface area (Å²) in [7, 11) is 0.